The smallest absolute Gasteiger partial charge is 0.260 e. The van der Waals surface area contributed by atoms with Crippen molar-refractivity contribution in [3.05, 3.63) is 88.3 Å². The minimum atomic E-state index is -0.239. The van der Waals surface area contributed by atoms with Crippen LogP contribution in [0.2, 0.25) is 0 Å². The van der Waals surface area contributed by atoms with Crippen LogP contribution in [0.5, 0.6) is 0 Å². The number of aryl methyl sites for hydroxylation is 2. The zero-order chi connectivity index (χ0) is 20.2. The first-order valence-electron chi connectivity index (χ1n) is 9.45. The number of pyridine rings is 2. The highest BCUT2D eigenvalue weighted by molar-refractivity contribution is 5.98. The minimum absolute atomic E-state index is 0.210. The Labute approximate surface area is 167 Å². The molecule has 0 atom stereocenters. The van der Waals surface area contributed by atoms with Crippen molar-refractivity contribution in [2.75, 3.05) is 6.54 Å². The molecule has 4 aromatic heterocycles. The average molecular weight is 391 g/mol. The molecule has 0 fully saturated rings. The van der Waals surface area contributed by atoms with Crippen molar-refractivity contribution in [3.8, 4) is 0 Å². The molecule has 4 aromatic rings. The van der Waals surface area contributed by atoms with Gasteiger partial charge < -0.3 is 18.7 Å². The first-order valence-corrected chi connectivity index (χ1v) is 9.45. The molecule has 0 aliphatic rings. The van der Waals surface area contributed by atoms with Gasteiger partial charge in [0.1, 0.15) is 11.5 Å². The number of aromatic nitrogens is 2. The molecule has 4 heterocycles. The second-order valence-corrected chi connectivity index (χ2v) is 6.82. The molecule has 0 aliphatic carbocycles. The van der Waals surface area contributed by atoms with E-state index in [1.807, 2.05) is 18.2 Å². The summed E-state index contributed by atoms with van der Waals surface area (Å²) in [5, 5.41) is 3.30. The number of furan rings is 2. The van der Waals surface area contributed by atoms with Gasteiger partial charge in [0.25, 0.3) is 11.5 Å². The molecule has 0 bridgehead atoms. The number of carbonyl (C=O) groups excluding carboxylic acids is 1. The van der Waals surface area contributed by atoms with E-state index in [-0.39, 0.29) is 11.5 Å². The highest BCUT2D eigenvalue weighted by atomic mass is 16.3. The fourth-order valence-electron chi connectivity index (χ4n) is 3.24. The Morgan fingerprint density at radius 2 is 1.90 bits per heavy atom. The molecule has 1 N–H and O–H groups in total. The van der Waals surface area contributed by atoms with Gasteiger partial charge in [-0.05, 0) is 49.7 Å². The Bertz CT molecular complexity index is 1170. The molecule has 1 amide bonds. The maximum Gasteiger partial charge on any atom is 0.260 e. The van der Waals surface area contributed by atoms with Gasteiger partial charge in [-0.15, -0.1) is 0 Å². The van der Waals surface area contributed by atoms with Crippen molar-refractivity contribution >= 4 is 16.8 Å². The van der Waals surface area contributed by atoms with Crippen molar-refractivity contribution in [1.82, 2.24) is 14.9 Å². The lowest BCUT2D eigenvalue weighted by Crippen LogP contribution is -2.27. The summed E-state index contributed by atoms with van der Waals surface area (Å²) < 4.78 is 12.2. The van der Waals surface area contributed by atoms with E-state index in [1.165, 1.54) is 0 Å². The number of carbonyl (C=O) groups is 1. The Hall–Kier alpha value is -3.61. The van der Waals surface area contributed by atoms with Crippen molar-refractivity contribution in [3.63, 3.8) is 0 Å². The SMILES string of the molecule is Cc1nc2ccn(Cc3ccco3)c(=O)c2cc1C(=O)NCCCc1ccco1. The summed E-state index contributed by atoms with van der Waals surface area (Å²) in [5.41, 5.74) is 1.35. The molecule has 0 radical (unpaired) electrons. The van der Waals surface area contributed by atoms with Crippen LogP contribution in [0.25, 0.3) is 10.9 Å². The number of amides is 1. The zero-order valence-corrected chi connectivity index (χ0v) is 16.1. The van der Waals surface area contributed by atoms with Gasteiger partial charge in [-0.25, -0.2) is 0 Å². The van der Waals surface area contributed by atoms with Gasteiger partial charge in [0.15, 0.2) is 0 Å². The average Bonchev–Trinajstić information content (AvgIpc) is 3.41. The van der Waals surface area contributed by atoms with Crippen molar-refractivity contribution < 1.29 is 13.6 Å². The van der Waals surface area contributed by atoms with Gasteiger partial charge in [-0.3, -0.25) is 14.6 Å². The number of hydrogen-bond donors (Lipinski definition) is 1. The van der Waals surface area contributed by atoms with Crippen LogP contribution in [0, 0.1) is 6.92 Å². The molecule has 0 aromatic carbocycles. The van der Waals surface area contributed by atoms with Gasteiger partial charge >= 0.3 is 0 Å². The number of nitrogens with zero attached hydrogens (tertiary/aromatic N) is 2. The van der Waals surface area contributed by atoms with Crippen LogP contribution in [0.1, 0.15) is 34.0 Å². The Balaban J connectivity index is 1.52. The summed E-state index contributed by atoms with van der Waals surface area (Å²) >= 11 is 0. The van der Waals surface area contributed by atoms with Crippen molar-refractivity contribution in [2.24, 2.45) is 0 Å². The van der Waals surface area contributed by atoms with E-state index >= 15 is 0 Å². The third-order valence-electron chi connectivity index (χ3n) is 4.76. The molecule has 29 heavy (non-hydrogen) atoms. The highest BCUT2D eigenvalue weighted by Gasteiger charge is 2.14. The lowest BCUT2D eigenvalue weighted by Gasteiger charge is -2.10. The van der Waals surface area contributed by atoms with Crippen molar-refractivity contribution in [2.45, 2.75) is 26.3 Å². The topological polar surface area (TPSA) is 90.3 Å². The van der Waals surface area contributed by atoms with Crippen molar-refractivity contribution in [1.29, 1.82) is 0 Å². The number of hydrogen-bond acceptors (Lipinski definition) is 5. The standard InChI is InChI=1S/C22H21N3O4/c1-15-18(21(26)23-9-2-5-16-6-3-11-28-16)13-19-20(24-15)8-10-25(22(19)27)14-17-7-4-12-29-17/h3-4,6-8,10-13H,2,5,9,14H2,1H3,(H,23,26). The maximum absolute atomic E-state index is 12.9. The molecule has 0 spiro atoms. The molecule has 148 valence electrons. The van der Waals surface area contributed by atoms with Crippen LogP contribution in [-0.4, -0.2) is 22.0 Å². The van der Waals surface area contributed by atoms with Crippen LogP contribution < -0.4 is 10.9 Å². The Kier molecular flexibility index (Phi) is 5.29. The summed E-state index contributed by atoms with van der Waals surface area (Å²) in [5.74, 6) is 1.33. The minimum Gasteiger partial charge on any atom is -0.469 e. The molecular formula is C22H21N3O4. The Morgan fingerprint density at radius 3 is 2.62 bits per heavy atom. The second-order valence-electron chi connectivity index (χ2n) is 6.82. The van der Waals surface area contributed by atoms with Gasteiger partial charge in [0.05, 0.1) is 41.2 Å². The van der Waals surface area contributed by atoms with E-state index in [0.29, 0.717) is 41.0 Å². The lowest BCUT2D eigenvalue weighted by atomic mass is 10.1. The quantitative estimate of drug-likeness (QED) is 0.488. The van der Waals surface area contributed by atoms with E-state index in [2.05, 4.69) is 10.3 Å². The molecule has 0 saturated carbocycles. The molecule has 7 nitrogen and oxygen atoms in total. The third-order valence-corrected chi connectivity index (χ3v) is 4.76. The highest BCUT2D eigenvalue weighted by Crippen LogP contribution is 2.14. The lowest BCUT2D eigenvalue weighted by molar-refractivity contribution is 0.0952. The van der Waals surface area contributed by atoms with Gasteiger partial charge in [0, 0.05) is 19.2 Å². The largest absolute Gasteiger partial charge is 0.469 e. The molecule has 7 heteroatoms. The van der Waals surface area contributed by atoms with E-state index in [1.54, 1.807) is 48.4 Å². The Morgan fingerprint density at radius 1 is 1.14 bits per heavy atom. The van der Waals surface area contributed by atoms with Crippen LogP contribution in [-0.2, 0) is 13.0 Å². The third kappa shape index (κ3) is 4.13. The number of rotatable bonds is 7. The number of nitrogens with one attached hydrogen (secondary N) is 1. The van der Waals surface area contributed by atoms with Crippen LogP contribution in [0.3, 0.4) is 0 Å². The molecule has 4 rings (SSSR count). The summed E-state index contributed by atoms with van der Waals surface area (Å²) in [6.07, 6.45) is 6.40. The second kappa shape index (κ2) is 8.18. The van der Waals surface area contributed by atoms with Crippen LogP contribution in [0.4, 0.5) is 0 Å². The van der Waals surface area contributed by atoms with E-state index in [0.717, 1.165) is 18.6 Å². The fraction of sp³-hybridized carbons (Fsp3) is 0.227. The first-order chi connectivity index (χ1) is 14.1. The maximum atomic E-state index is 12.9. The summed E-state index contributed by atoms with van der Waals surface area (Å²) in [6.45, 7) is 2.60. The first kappa shape index (κ1) is 18.7. The van der Waals surface area contributed by atoms with E-state index in [4.69, 9.17) is 8.83 Å². The predicted molar refractivity (Wildman–Crippen MR) is 108 cm³/mol. The molecular weight excluding hydrogens is 370 g/mol. The van der Waals surface area contributed by atoms with Gasteiger partial charge in [0.2, 0.25) is 0 Å². The zero-order valence-electron chi connectivity index (χ0n) is 16.1. The molecule has 0 saturated heterocycles. The van der Waals surface area contributed by atoms with Gasteiger partial charge in [-0.2, -0.15) is 0 Å². The van der Waals surface area contributed by atoms with Crippen LogP contribution in [0.15, 0.2) is 68.8 Å². The monoisotopic (exact) mass is 391 g/mol. The van der Waals surface area contributed by atoms with Crippen LogP contribution >= 0.6 is 0 Å². The van der Waals surface area contributed by atoms with E-state index in [9.17, 15) is 9.59 Å². The summed E-state index contributed by atoms with van der Waals surface area (Å²) in [7, 11) is 0. The fourth-order valence-corrected chi connectivity index (χ4v) is 3.24. The normalized spacial score (nSPS) is 11.1. The summed E-state index contributed by atoms with van der Waals surface area (Å²) in [6, 6.07) is 10.7. The van der Waals surface area contributed by atoms with Gasteiger partial charge in [-0.1, -0.05) is 0 Å². The molecule has 0 aliphatic heterocycles. The predicted octanol–water partition coefficient (Wildman–Crippen LogP) is 3.30. The van der Waals surface area contributed by atoms with E-state index < -0.39 is 0 Å². The number of fused-ring (bicyclic) bond motifs is 1. The molecule has 0 unspecified atom stereocenters. The summed E-state index contributed by atoms with van der Waals surface area (Å²) in [4.78, 5) is 29.9.